The van der Waals surface area contributed by atoms with Crippen molar-refractivity contribution >= 4 is 31.5 Å². The second kappa shape index (κ2) is 5.55. The Morgan fingerprint density at radius 2 is 2.00 bits per heavy atom. The van der Waals surface area contributed by atoms with Gasteiger partial charge in [-0.3, -0.25) is 0 Å². The molecule has 0 saturated carbocycles. The van der Waals surface area contributed by atoms with Gasteiger partial charge in [-0.25, -0.2) is 8.42 Å². The molecule has 0 spiro atoms. The van der Waals surface area contributed by atoms with Crippen molar-refractivity contribution in [1.82, 2.24) is 0 Å². The lowest BCUT2D eigenvalue weighted by molar-refractivity contribution is -0.137. The molecule has 1 unspecified atom stereocenters. The molecular weight excluding hydrogens is 359 g/mol. The van der Waals surface area contributed by atoms with Crippen molar-refractivity contribution < 1.29 is 21.6 Å². The highest BCUT2D eigenvalue weighted by Crippen LogP contribution is 2.34. The predicted octanol–water partition coefficient (Wildman–Crippen LogP) is 3.46. The van der Waals surface area contributed by atoms with Gasteiger partial charge in [-0.05, 0) is 47.0 Å². The number of halogens is 4. The molecule has 0 aliphatic carbocycles. The molecule has 1 aromatic rings. The van der Waals surface area contributed by atoms with Gasteiger partial charge in [-0.15, -0.1) is 0 Å². The molecule has 112 valence electrons. The van der Waals surface area contributed by atoms with Crippen LogP contribution in [0.15, 0.2) is 22.7 Å². The summed E-state index contributed by atoms with van der Waals surface area (Å²) < 4.78 is 60.9. The van der Waals surface area contributed by atoms with E-state index in [1.807, 2.05) is 0 Å². The number of sulfone groups is 1. The zero-order valence-corrected chi connectivity index (χ0v) is 12.8. The molecular formula is C12H13BrF3NO2S. The average molecular weight is 372 g/mol. The summed E-state index contributed by atoms with van der Waals surface area (Å²) in [5.74, 6) is 0.194. The molecule has 0 amide bonds. The summed E-state index contributed by atoms with van der Waals surface area (Å²) in [5, 5.41) is 2.99. The zero-order valence-electron chi connectivity index (χ0n) is 10.4. The molecule has 20 heavy (non-hydrogen) atoms. The van der Waals surface area contributed by atoms with Gasteiger partial charge in [0.2, 0.25) is 0 Å². The Balaban J connectivity index is 2.14. The van der Waals surface area contributed by atoms with E-state index in [0.29, 0.717) is 18.5 Å². The van der Waals surface area contributed by atoms with Crippen LogP contribution in [0.1, 0.15) is 18.4 Å². The van der Waals surface area contributed by atoms with Crippen LogP contribution in [-0.4, -0.2) is 26.0 Å². The second-order valence-electron chi connectivity index (χ2n) is 4.79. The minimum Gasteiger partial charge on any atom is -0.380 e. The molecule has 1 fully saturated rings. The van der Waals surface area contributed by atoms with Gasteiger partial charge in [0, 0.05) is 16.2 Å². The fourth-order valence-corrected chi connectivity index (χ4v) is 4.29. The summed E-state index contributed by atoms with van der Waals surface area (Å²) in [7, 11) is -3.05. The third-order valence-electron chi connectivity index (χ3n) is 3.12. The number of hydrogen-bond acceptors (Lipinski definition) is 3. The summed E-state index contributed by atoms with van der Waals surface area (Å²) in [5.41, 5.74) is -0.272. The molecule has 0 aromatic heterocycles. The molecule has 1 aliphatic heterocycles. The number of hydrogen-bond donors (Lipinski definition) is 1. The van der Waals surface area contributed by atoms with E-state index in [4.69, 9.17) is 0 Å². The minimum atomic E-state index is -4.39. The highest BCUT2D eigenvalue weighted by atomic mass is 79.9. The monoisotopic (exact) mass is 371 g/mol. The van der Waals surface area contributed by atoms with Crippen LogP contribution in [0.3, 0.4) is 0 Å². The van der Waals surface area contributed by atoms with E-state index in [2.05, 4.69) is 21.2 Å². The minimum absolute atomic E-state index is 0.0143. The third-order valence-corrected chi connectivity index (χ3v) is 5.60. The molecule has 1 N–H and O–H groups in total. The maximum Gasteiger partial charge on any atom is 0.416 e. The number of rotatable bonds is 2. The topological polar surface area (TPSA) is 46.2 Å². The Labute approximate surface area is 123 Å². The van der Waals surface area contributed by atoms with Crippen LogP contribution in [0.4, 0.5) is 18.9 Å². The molecule has 8 heteroatoms. The van der Waals surface area contributed by atoms with Crippen molar-refractivity contribution in [3.8, 4) is 0 Å². The number of benzene rings is 1. The molecule has 0 bridgehead atoms. The van der Waals surface area contributed by atoms with Crippen LogP contribution < -0.4 is 5.32 Å². The van der Waals surface area contributed by atoms with E-state index in [0.717, 1.165) is 12.1 Å². The average Bonchev–Trinajstić information content (AvgIpc) is 2.29. The smallest absolute Gasteiger partial charge is 0.380 e. The van der Waals surface area contributed by atoms with Gasteiger partial charge in [-0.1, -0.05) is 0 Å². The summed E-state index contributed by atoms with van der Waals surface area (Å²) in [6.45, 7) is 0. The Morgan fingerprint density at radius 3 is 2.55 bits per heavy atom. The Hall–Kier alpha value is -0.760. The molecule has 3 nitrogen and oxygen atoms in total. The summed E-state index contributed by atoms with van der Waals surface area (Å²) in [4.78, 5) is 0. The predicted molar refractivity (Wildman–Crippen MR) is 74.4 cm³/mol. The van der Waals surface area contributed by atoms with Crippen molar-refractivity contribution in [3.63, 3.8) is 0 Å². The van der Waals surface area contributed by atoms with E-state index >= 15 is 0 Å². The Morgan fingerprint density at radius 1 is 1.30 bits per heavy atom. The van der Waals surface area contributed by atoms with Crippen molar-refractivity contribution in [2.24, 2.45) is 0 Å². The first kappa shape index (κ1) is 15.6. The van der Waals surface area contributed by atoms with E-state index < -0.39 is 21.6 Å². The second-order valence-corrected chi connectivity index (χ2v) is 7.87. The van der Waals surface area contributed by atoms with Crippen molar-refractivity contribution in [2.45, 2.75) is 25.1 Å². The normalized spacial score (nSPS) is 22.5. The van der Waals surface area contributed by atoms with E-state index in [-0.39, 0.29) is 22.0 Å². The van der Waals surface area contributed by atoms with Gasteiger partial charge in [0.15, 0.2) is 9.84 Å². The lowest BCUT2D eigenvalue weighted by atomic mass is 10.1. The van der Waals surface area contributed by atoms with Gasteiger partial charge in [-0.2, -0.15) is 13.2 Å². The fourth-order valence-electron chi connectivity index (χ4n) is 2.17. The van der Waals surface area contributed by atoms with Gasteiger partial charge < -0.3 is 5.32 Å². The standard InChI is InChI=1S/C12H13BrF3NO2S/c13-10-6-8(12(14,15)16)3-4-11(10)17-9-2-1-5-20(18,19)7-9/h3-4,6,9,17H,1-2,5,7H2. The van der Waals surface area contributed by atoms with Crippen LogP contribution >= 0.6 is 15.9 Å². The maximum absolute atomic E-state index is 12.5. The molecule has 1 aromatic carbocycles. The number of anilines is 1. The largest absolute Gasteiger partial charge is 0.416 e. The molecule has 0 radical (unpaired) electrons. The quantitative estimate of drug-likeness (QED) is 0.865. The van der Waals surface area contributed by atoms with Gasteiger partial charge >= 0.3 is 6.18 Å². The molecule has 1 saturated heterocycles. The highest BCUT2D eigenvalue weighted by molar-refractivity contribution is 9.10. The van der Waals surface area contributed by atoms with Crippen molar-refractivity contribution in [2.75, 3.05) is 16.8 Å². The number of nitrogens with one attached hydrogen (secondary N) is 1. The lowest BCUT2D eigenvalue weighted by Gasteiger charge is -2.24. The van der Waals surface area contributed by atoms with Crippen LogP contribution in [0.25, 0.3) is 0 Å². The van der Waals surface area contributed by atoms with Gasteiger partial charge in [0.25, 0.3) is 0 Å². The van der Waals surface area contributed by atoms with Crippen LogP contribution in [0.2, 0.25) is 0 Å². The molecule has 1 atom stereocenters. The maximum atomic E-state index is 12.5. The SMILES string of the molecule is O=S1(=O)CCCC(Nc2ccc(C(F)(F)F)cc2Br)C1. The molecule has 1 heterocycles. The highest BCUT2D eigenvalue weighted by Gasteiger charge is 2.31. The van der Waals surface area contributed by atoms with Crippen LogP contribution in [0, 0.1) is 0 Å². The first-order valence-corrected chi connectivity index (χ1v) is 8.62. The van der Waals surface area contributed by atoms with Crippen LogP contribution in [-0.2, 0) is 16.0 Å². The van der Waals surface area contributed by atoms with Gasteiger partial charge in [0.05, 0.1) is 17.1 Å². The van der Waals surface area contributed by atoms with Crippen molar-refractivity contribution in [1.29, 1.82) is 0 Å². The first-order chi connectivity index (χ1) is 9.17. The van der Waals surface area contributed by atoms with E-state index in [1.54, 1.807) is 0 Å². The van der Waals surface area contributed by atoms with Crippen LogP contribution in [0.5, 0.6) is 0 Å². The third kappa shape index (κ3) is 3.88. The molecule has 1 aliphatic rings. The Bertz CT molecular complexity index is 601. The van der Waals surface area contributed by atoms with Crippen molar-refractivity contribution in [3.05, 3.63) is 28.2 Å². The molecule has 2 rings (SSSR count). The van der Waals surface area contributed by atoms with E-state index in [9.17, 15) is 21.6 Å². The summed E-state index contributed by atoms with van der Waals surface area (Å²) in [6.07, 6.45) is -3.14. The first-order valence-electron chi connectivity index (χ1n) is 6.01. The van der Waals surface area contributed by atoms with E-state index in [1.165, 1.54) is 6.07 Å². The number of alkyl halides is 3. The zero-order chi connectivity index (χ0) is 15.0. The fraction of sp³-hybridized carbons (Fsp3) is 0.500. The summed E-state index contributed by atoms with van der Waals surface area (Å²) in [6, 6.07) is 3.01. The Kier molecular flexibility index (Phi) is 4.34. The lowest BCUT2D eigenvalue weighted by Crippen LogP contribution is -2.34. The van der Waals surface area contributed by atoms with Gasteiger partial charge in [0.1, 0.15) is 0 Å². The summed E-state index contributed by atoms with van der Waals surface area (Å²) >= 11 is 3.08.